The summed E-state index contributed by atoms with van der Waals surface area (Å²) in [7, 11) is 3.14. The number of aryl methyl sites for hydroxylation is 1. The minimum absolute atomic E-state index is 0.0248. The van der Waals surface area contributed by atoms with Crippen LogP contribution in [0, 0.1) is 18.3 Å². The molecule has 2 heterocycles. The Hall–Kier alpha value is -3.92. The Bertz CT molecular complexity index is 1140. The topological polar surface area (TPSA) is 106 Å². The van der Waals surface area contributed by atoms with Gasteiger partial charge in [0, 0.05) is 11.1 Å². The number of aromatic amines is 1. The highest BCUT2D eigenvalue weighted by molar-refractivity contribution is 5.72. The molecule has 0 fully saturated rings. The molecule has 1 aliphatic heterocycles. The maximum Gasteiger partial charge on any atom is 0.244 e. The number of rotatable bonds is 4. The minimum atomic E-state index is -0.524. The summed E-state index contributed by atoms with van der Waals surface area (Å²) in [6, 6.07) is 15.8. The molecule has 1 aliphatic rings. The van der Waals surface area contributed by atoms with Crippen LogP contribution in [0.1, 0.15) is 22.6 Å². The number of hydrogen-bond donors (Lipinski definition) is 2. The fraction of sp³-hybridized carbons (Fsp3) is 0.182. The summed E-state index contributed by atoms with van der Waals surface area (Å²) in [6.45, 7) is 2.02. The Labute approximate surface area is 168 Å². The van der Waals surface area contributed by atoms with Crippen LogP contribution >= 0.6 is 0 Å². The van der Waals surface area contributed by atoms with Gasteiger partial charge in [0.2, 0.25) is 11.8 Å². The number of allylic oxidation sites excluding steroid dienone is 1. The van der Waals surface area contributed by atoms with Gasteiger partial charge in [-0.1, -0.05) is 42.0 Å². The van der Waals surface area contributed by atoms with Crippen LogP contribution in [0.3, 0.4) is 0 Å². The molecule has 2 aromatic carbocycles. The van der Waals surface area contributed by atoms with E-state index < -0.39 is 5.92 Å². The summed E-state index contributed by atoms with van der Waals surface area (Å²) in [5.41, 5.74) is 10.7. The fourth-order valence-corrected chi connectivity index (χ4v) is 3.64. The van der Waals surface area contributed by atoms with Gasteiger partial charge in [0.05, 0.1) is 31.4 Å². The Morgan fingerprint density at radius 1 is 1.14 bits per heavy atom. The molecular formula is C22H20N4O3. The van der Waals surface area contributed by atoms with Crippen LogP contribution in [0.2, 0.25) is 0 Å². The predicted octanol–water partition coefficient (Wildman–Crippen LogP) is 3.62. The van der Waals surface area contributed by atoms with Gasteiger partial charge < -0.3 is 19.9 Å². The Kier molecular flexibility index (Phi) is 4.61. The number of nitrogens with one attached hydrogen (secondary N) is 1. The van der Waals surface area contributed by atoms with Gasteiger partial charge in [0.25, 0.3) is 0 Å². The van der Waals surface area contributed by atoms with Crippen LogP contribution in [0.15, 0.2) is 53.9 Å². The van der Waals surface area contributed by atoms with Gasteiger partial charge >= 0.3 is 0 Å². The van der Waals surface area contributed by atoms with E-state index in [0.29, 0.717) is 23.0 Å². The second-order valence-corrected chi connectivity index (χ2v) is 6.69. The van der Waals surface area contributed by atoms with E-state index >= 15 is 0 Å². The van der Waals surface area contributed by atoms with Gasteiger partial charge in [0.15, 0.2) is 11.5 Å². The molecular weight excluding hydrogens is 368 g/mol. The highest BCUT2D eigenvalue weighted by Crippen LogP contribution is 2.49. The number of nitriles is 1. The van der Waals surface area contributed by atoms with Gasteiger partial charge in [-0.25, -0.2) is 0 Å². The van der Waals surface area contributed by atoms with E-state index in [1.165, 1.54) is 0 Å². The lowest BCUT2D eigenvalue weighted by Crippen LogP contribution is -2.21. The van der Waals surface area contributed by atoms with Crippen molar-refractivity contribution in [3.8, 4) is 34.7 Å². The number of H-pyrrole nitrogens is 1. The van der Waals surface area contributed by atoms with Gasteiger partial charge in [0.1, 0.15) is 11.6 Å². The summed E-state index contributed by atoms with van der Waals surface area (Å²) in [4.78, 5) is 0. The molecule has 7 nitrogen and oxygen atoms in total. The van der Waals surface area contributed by atoms with Crippen molar-refractivity contribution < 1.29 is 14.2 Å². The van der Waals surface area contributed by atoms with Crippen molar-refractivity contribution in [2.24, 2.45) is 5.73 Å². The summed E-state index contributed by atoms with van der Waals surface area (Å²) >= 11 is 0. The standard InChI is InChI=1S/C22H20N4O3/c1-12-7-9-13(10-8-12)19-18-17(14-5-4-6-16(27-2)20(14)28-3)15(11-23)21(24)29-22(18)26-25-19/h4-10,17H,24H2,1-3H3,(H,25,26)/t17-/m1/s1. The number of fused-ring (bicyclic) bond motifs is 1. The largest absolute Gasteiger partial charge is 0.493 e. The molecule has 29 heavy (non-hydrogen) atoms. The van der Waals surface area contributed by atoms with Crippen molar-refractivity contribution in [2.75, 3.05) is 14.2 Å². The zero-order chi connectivity index (χ0) is 20.5. The zero-order valence-corrected chi connectivity index (χ0v) is 16.3. The molecule has 4 rings (SSSR count). The molecule has 0 saturated heterocycles. The highest BCUT2D eigenvalue weighted by atomic mass is 16.5. The highest BCUT2D eigenvalue weighted by Gasteiger charge is 2.37. The van der Waals surface area contributed by atoms with Crippen LogP contribution in [-0.4, -0.2) is 24.4 Å². The lowest BCUT2D eigenvalue weighted by Gasteiger charge is -2.26. The SMILES string of the molecule is COc1cccc([C@@H]2C(C#N)=C(N)Oc3n[nH]c(-c4ccc(C)cc4)c32)c1OC. The Balaban J connectivity index is 1.99. The molecule has 0 aliphatic carbocycles. The second-order valence-electron chi connectivity index (χ2n) is 6.69. The molecule has 0 amide bonds. The molecule has 1 aromatic heterocycles. The zero-order valence-electron chi connectivity index (χ0n) is 16.3. The molecule has 7 heteroatoms. The first kappa shape index (κ1) is 18.4. The Morgan fingerprint density at radius 3 is 2.55 bits per heavy atom. The van der Waals surface area contributed by atoms with E-state index in [2.05, 4.69) is 16.3 Å². The Morgan fingerprint density at radius 2 is 1.90 bits per heavy atom. The molecule has 0 saturated carbocycles. The number of benzene rings is 2. The molecule has 3 aromatic rings. The van der Waals surface area contributed by atoms with Crippen molar-refractivity contribution in [2.45, 2.75) is 12.8 Å². The van der Waals surface area contributed by atoms with E-state index in [9.17, 15) is 5.26 Å². The number of methoxy groups -OCH3 is 2. The molecule has 0 spiro atoms. The number of hydrogen-bond acceptors (Lipinski definition) is 6. The minimum Gasteiger partial charge on any atom is -0.493 e. The quantitative estimate of drug-likeness (QED) is 0.707. The summed E-state index contributed by atoms with van der Waals surface area (Å²) in [6.07, 6.45) is 0. The first-order chi connectivity index (χ1) is 14.1. The number of para-hydroxylation sites is 1. The lowest BCUT2D eigenvalue weighted by atomic mass is 9.82. The van der Waals surface area contributed by atoms with Gasteiger partial charge in [-0.3, -0.25) is 5.10 Å². The molecule has 0 radical (unpaired) electrons. The van der Waals surface area contributed by atoms with Crippen molar-refractivity contribution in [1.82, 2.24) is 10.2 Å². The van der Waals surface area contributed by atoms with Gasteiger partial charge in [-0.2, -0.15) is 5.26 Å². The van der Waals surface area contributed by atoms with Crippen molar-refractivity contribution in [3.63, 3.8) is 0 Å². The second kappa shape index (κ2) is 7.24. The normalized spacial score (nSPS) is 15.3. The number of aromatic nitrogens is 2. The molecule has 146 valence electrons. The summed E-state index contributed by atoms with van der Waals surface area (Å²) < 4.78 is 16.7. The molecule has 0 unspecified atom stereocenters. The summed E-state index contributed by atoms with van der Waals surface area (Å²) in [5.74, 6) is 0.936. The van der Waals surface area contributed by atoms with Crippen molar-refractivity contribution in [3.05, 3.63) is 70.6 Å². The maximum atomic E-state index is 9.87. The molecule has 1 atom stereocenters. The van der Waals surface area contributed by atoms with Crippen LogP contribution in [0.4, 0.5) is 0 Å². The van der Waals surface area contributed by atoms with Gasteiger partial charge in [-0.15, -0.1) is 5.10 Å². The molecule has 0 bridgehead atoms. The third-order valence-corrected chi connectivity index (χ3v) is 5.02. The van der Waals surface area contributed by atoms with E-state index in [-0.39, 0.29) is 5.88 Å². The van der Waals surface area contributed by atoms with E-state index in [0.717, 1.165) is 27.9 Å². The first-order valence-electron chi connectivity index (χ1n) is 9.02. The van der Waals surface area contributed by atoms with Crippen LogP contribution in [-0.2, 0) is 0 Å². The lowest BCUT2D eigenvalue weighted by molar-refractivity contribution is 0.348. The van der Waals surface area contributed by atoms with Crippen molar-refractivity contribution >= 4 is 0 Å². The average molecular weight is 388 g/mol. The van der Waals surface area contributed by atoms with E-state index in [1.807, 2.05) is 43.3 Å². The van der Waals surface area contributed by atoms with Crippen LogP contribution < -0.4 is 19.9 Å². The van der Waals surface area contributed by atoms with Crippen molar-refractivity contribution in [1.29, 1.82) is 5.26 Å². The van der Waals surface area contributed by atoms with E-state index in [1.54, 1.807) is 20.3 Å². The molecule has 3 N–H and O–H groups in total. The monoisotopic (exact) mass is 388 g/mol. The first-order valence-corrected chi connectivity index (χ1v) is 9.02. The number of nitrogens with zero attached hydrogens (tertiary/aromatic N) is 2. The smallest absolute Gasteiger partial charge is 0.244 e. The number of nitrogens with two attached hydrogens (primary N) is 1. The average Bonchev–Trinajstić information content (AvgIpc) is 3.15. The van der Waals surface area contributed by atoms with Gasteiger partial charge in [-0.05, 0) is 13.0 Å². The third kappa shape index (κ3) is 2.95. The number of ether oxygens (including phenoxy) is 3. The summed E-state index contributed by atoms with van der Waals surface area (Å²) in [5, 5.41) is 17.2. The maximum absolute atomic E-state index is 9.87. The third-order valence-electron chi connectivity index (χ3n) is 5.02. The fourth-order valence-electron chi connectivity index (χ4n) is 3.64. The van der Waals surface area contributed by atoms with E-state index in [4.69, 9.17) is 19.9 Å². The predicted molar refractivity (Wildman–Crippen MR) is 108 cm³/mol. The van der Waals surface area contributed by atoms with Crippen LogP contribution in [0.25, 0.3) is 11.3 Å². The van der Waals surface area contributed by atoms with Crippen LogP contribution in [0.5, 0.6) is 17.4 Å².